The number of benzene rings is 2. The number of fused-ring (bicyclic) bond motifs is 1. The summed E-state index contributed by atoms with van der Waals surface area (Å²) < 4.78 is 4.51. The lowest BCUT2D eigenvalue weighted by atomic mass is 10.1. The zero-order chi connectivity index (χ0) is 23.1. The van der Waals surface area contributed by atoms with Gasteiger partial charge in [0, 0.05) is 40.3 Å². The van der Waals surface area contributed by atoms with Crippen molar-refractivity contribution in [2.24, 2.45) is 0 Å². The van der Waals surface area contributed by atoms with Gasteiger partial charge in [-0.15, -0.1) is 0 Å². The second kappa shape index (κ2) is 10.5. The largest absolute Gasteiger partial charge is 0.545 e. The predicted octanol–water partition coefficient (Wildman–Crippen LogP) is 2.95. The van der Waals surface area contributed by atoms with E-state index in [4.69, 9.17) is 16.7 Å². The number of halogens is 1. The lowest BCUT2D eigenvalue weighted by molar-refractivity contribution is -0.709. The molecule has 8 heteroatoms. The maximum absolute atomic E-state index is 9.53. The highest BCUT2D eigenvalue weighted by molar-refractivity contribution is 6.30. The van der Waals surface area contributed by atoms with Gasteiger partial charge in [-0.05, 0) is 36.8 Å². The molecule has 0 fully saturated rings. The summed E-state index contributed by atoms with van der Waals surface area (Å²) in [6.07, 6.45) is 9.22. The molecule has 2 aromatic carbocycles. The van der Waals surface area contributed by atoms with Gasteiger partial charge in [0.1, 0.15) is 18.4 Å². The minimum Gasteiger partial charge on any atom is -0.545 e. The number of aromatic amines is 1. The third kappa shape index (κ3) is 5.86. The number of aromatic nitrogens is 3. The molecule has 0 aliphatic heterocycles. The van der Waals surface area contributed by atoms with Crippen molar-refractivity contribution in [1.29, 1.82) is 0 Å². The van der Waals surface area contributed by atoms with Crippen LogP contribution in [0.5, 0.6) is 0 Å². The van der Waals surface area contributed by atoms with Crippen LogP contribution in [-0.2, 0) is 16.1 Å². The number of nitrogens with zero attached hydrogens (tertiary/aromatic N) is 2. The SMILES string of the molecule is CC(c1cn(Cc2ccc(Cl)cc2)c2ccccc12)[n+]1cc[nH]c1.O=C([O-])/C=C\C(=O)O. The van der Waals surface area contributed by atoms with Crippen molar-refractivity contribution in [2.75, 3.05) is 0 Å². The Balaban J connectivity index is 0.000000312. The molecule has 0 aliphatic rings. The van der Waals surface area contributed by atoms with E-state index in [2.05, 4.69) is 69.8 Å². The lowest BCUT2D eigenvalue weighted by Crippen LogP contribution is -2.35. The normalized spacial score (nSPS) is 11.8. The summed E-state index contributed by atoms with van der Waals surface area (Å²) >= 11 is 6.00. The zero-order valence-corrected chi connectivity index (χ0v) is 18.1. The number of aliphatic carboxylic acids is 2. The van der Waals surface area contributed by atoms with Crippen LogP contribution in [0.2, 0.25) is 5.02 Å². The van der Waals surface area contributed by atoms with E-state index >= 15 is 0 Å². The van der Waals surface area contributed by atoms with Gasteiger partial charge in [-0.2, -0.15) is 0 Å². The van der Waals surface area contributed by atoms with Crippen LogP contribution in [0.3, 0.4) is 0 Å². The number of rotatable bonds is 6. The average Bonchev–Trinajstić information content (AvgIpc) is 3.43. The topological polar surface area (TPSA) is 102 Å². The second-order valence-electron chi connectivity index (χ2n) is 7.08. The van der Waals surface area contributed by atoms with Gasteiger partial charge in [-0.25, -0.2) is 9.36 Å². The van der Waals surface area contributed by atoms with Crippen molar-refractivity contribution in [1.82, 2.24) is 9.55 Å². The number of imidazole rings is 1. The molecule has 0 spiro atoms. The fraction of sp³-hybridized carbons (Fsp3) is 0.125. The van der Waals surface area contributed by atoms with E-state index in [0.717, 1.165) is 11.6 Å². The molecule has 0 radical (unpaired) electrons. The molecule has 0 aliphatic carbocycles. The summed E-state index contributed by atoms with van der Waals surface area (Å²) in [5, 5.41) is 19.3. The van der Waals surface area contributed by atoms with Crippen LogP contribution in [0.4, 0.5) is 0 Å². The van der Waals surface area contributed by atoms with Gasteiger partial charge in [0.15, 0.2) is 0 Å². The third-order valence-corrected chi connectivity index (χ3v) is 5.16. The molecule has 7 nitrogen and oxygen atoms in total. The number of carbonyl (C=O) groups is 2. The van der Waals surface area contributed by atoms with E-state index in [9.17, 15) is 14.7 Å². The number of hydrogen-bond donors (Lipinski definition) is 2. The standard InChI is InChI=1S/C20H18ClN3.C4H4O4/c1-15(23-11-10-22-14-23)19-13-24(20-5-3-2-4-18(19)20)12-16-6-8-17(21)9-7-16;5-3(6)1-2-4(7)8/h2-11,13-15H,12H2,1H3;1-2H,(H,5,6)(H,7,8)/b;2-1-. The van der Waals surface area contributed by atoms with E-state index in [1.54, 1.807) is 0 Å². The molecule has 164 valence electrons. The van der Waals surface area contributed by atoms with Crippen molar-refractivity contribution in [3.63, 3.8) is 0 Å². The molecule has 4 rings (SSSR count). The average molecular weight is 452 g/mol. The van der Waals surface area contributed by atoms with Crippen molar-refractivity contribution >= 4 is 34.4 Å². The number of carboxylic acids is 2. The zero-order valence-electron chi connectivity index (χ0n) is 17.3. The Kier molecular flexibility index (Phi) is 7.46. The number of para-hydroxylation sites is 1. The van der Waals surface area contributed by atoms with Gasteiger partial charge >= 0.3 is 5.97 Å². The smallest absolute Gasteiger partial charge is 0.328 e. The number of carbonyl (C=O) groups excluding carboxylic acids is 1. The summed E-state index contributed by atoms with van der Waals surface area (Å²) in [5.74, 6) is -2.80. The fourth-order valence-corrected chi connectivity index (χ4v) is 3.49. The number of carboxylic acid groups (broad SMARTS) is 2. The van der Waals surface area contributed by atoms with Crippen molar-refractivity contribution in [3.05, 3.63) is 102 Å². The number of H-pyrrole nitrogens is 1. The Hall–Kier alpha value is -3.84. The summed E-state index contributed by atoms with van der Waals surface area (Å²) in [7, 11) is 0. The first kappa shape index (κ1) is 22.8. The summed E-state index contributed by atoms with van der Waals surface area (Å²) in [6, 6.07) is 16.9. The Labute approximate surface area is 189 Å². The Morgan fingerprint density at radius 1 is 1.19 bits per heavy atom. The van der Waals surface area contributed by atoms with Crippen LogP contribution in [0.25, 0.3) is 10.9 Å². The molecule has 2 heterocycles. The first-order valence-corrected chi connectivity index (χ1v) is 10.2. The van der Waals surface area contributed by atoms with E-state index in [1.807, 2.05) is 24.7 Å². The monoisotopic (exact) mass is 451 g/mol. The Bertz CT molecular complexity index is 1210. The van der Waals surface area contributed by atoms with Crippen LogP contribution in [0, 0.1) is 0 Å². The van der Waals surface area contributed by atoms with Crippen LogP contribution in [-0.4, -0.2) is 26.6 Å². The first-order chi connectivity index (χ1) is 15.3. The molecular formula is C24H22ClN3O4. The molecule has 4 aromatic rings. The molecule has 0 bridgehead atoms. The van der Waals surface area contributed by atoms with E-state index in [0.29, 0.717) is 12.2 Å². The van der Waals surface area contributed by atoms with E-state index in [-0.39, 0.29) is 6.04 Å². The van der Waals surface area contributed by atoms with Gasteiger partial charge in [0.2, 0.25) is 6.33 Å². The van der Waals surface area contributed by atoms with Crippen molar-refractivity contribution in [3.8, 4) is 0 Å². The first-order valence-electron chi connectivity index (χ1n) is 9.83. The van der Waals surface area contributed by atoms with Crippen molar-refractivity contribution in [2.45, 2.75) is 19.5 Å². The highest BCUT2D eigenvalue weighted by Crippen LogP contribution is 2.27. The van der Waals surface area contributed by atoms with Gasteiger partial charge in [-0.1, -0.05) is 41.9 Å². The maximum Gasteiger partial charge on any atom is 0.328 e. The molecule has 2 N–H and O–H groups in total. The molecule has 0 saturated carbocycles. The van der Waals surface area contributed by atoms with Crippen LogP contribution in [0.1, 0.15) is 24.1 Å². The summed E-state index contributed by atoms with van der Waals surface area (Å²) in [5.41, 5.74) is 3.82. The van der Waals surface area contributed by atoms with E-state index in [1.165, 1.54) is 22.0 Å². The minimum absolute atomic E-state index is 0.271. The third-order valence-electron chi connectivity index (χ3n) is 4.91. The number of nitrogens with one attached hydrogen (secondary N) is 1. The minimum atomic E-state index is -1.51. The van der Waals surface area contributed by atoms with Crippen molar-refractivity contribution < 1.29 is 24.4 Å². The van der Waals surface area contributed by atoms with Gasteiger partial charge in [-0.3, -0.25) is 4.98 Å². The summed E-state index contributed by atoms with van der Waals surface area (Å²) in [6.45, 7) is 3.06. The molecule has 1 atom stereocenters. The summed E-state index contributed by atoms with van der Waals surface area (Å²) in [4.78, 5) is 22.1. The van der Waals surface area contributed by atoms with Crippen LogP contribution >= 0.6 is 11.6 Å². The molecule has 32 heavy (non-hydrogen) atoms. The van der Waals surface area contributed by atoms with Gasteiger partial charge in [0.05, 0.1) is 5.97 Å². The predicted molar refractivity (Wildman–Crippen MR) is 119 cm³/mol. The highest BCUT2D eigenvalue weighted by Gasteiger charge is 2.18. The van der Waals surface area contributed by atoms with E-state index < -0.39 is 11.9 Å². The van der Waals surface area contributed by atoms with Gasteiger partial charge < -0.3 is 19.6 Å². The highest BCUT2D eigenvalue weighted by atomic mass is 35.5. The number of hydrogen-bond acceptors (Lipinski definition) is 3. The quantitative estimate of drug-likeness (QED) is 0.347. The van der Waals surface area contributed by atoms with Crippen LogP contribution < -0.4 is 9.67 Å². The Morgan fingerprint density at radius 2 is 1.91 bits per heavy atom. The molecule has 0 amide bonds. The van der Waals surface area contributed by atoms with Gasteiger partial charge in [0.25, 0.3) is 0 Å². The molecule has 0 saturated heterocycles. The fourth-order valence-electron chi connectivity index (χ4n) is 3.37. The second-order valence-corrected chi connectivity index (χ2v) is 7.52. The lowest BCUT2D eigenvalue weighted by Gasteiger charge is -2.06. The maximum atomic E-state index is 9.53. The molecule has 2 aromatic heterocycles. The Morgan fingerprint density at radius 3 is 2.50 bits per heavy atom. The molecular weight excluding hydrogens is 430 g/mol. The molecule has 1 unspecified atom stereocenters. The van der Waals surface area contributed by atoms with Crippen LogP contribution in [0.15, 0.2) is 85.6 Å².